The monoisotopic (exact) mass is 539 g/mol. The second-order valence-corrected chi connectivity index (χ2v) is 10.7. The van der Waals surface area contributed by atoms with E-state index >= 15 is 0 Å². The third kappa shape index (κ3) is 5.48. The van der Waals surface area contributed by atoms with Crippen LogP contribution < -0.4 is 10.6 Å². The molecule has 8 heteroatoms. The zero-order chi connectivity index (χ0) is 27.5. The van der Waals surface area contributed by atoms with Gasteiger partial charge in [0.15, 0.2) is 0 Å². The summed E-state index contributed by atoms with van der Waals surface area (Å²) in [5.41, 5.74) is 8.72. The molecule has 0 saturated carbocycles. The number of nitrogens with one attached hydrogen (secondary N) is 2. The summed E-state index contributed by atoms with van der Waals surface area (Å²) in [6.07, 6.45) is 6.15. The number of nitrogens with zero attached hydrogens (tertiary/aromatic N) is 3. The first-order valence-corrected chi connectivity index (χ1v) is 14.2. The van der Waals surface area contributed by atoms with Gasteiger partial charge in [0, 0.05) is 64.4 Å². The molecule has 1 aliphatic carbocycles. The van der Waals surface area contributed by atoms with Gasteiger partial charge in [0.05, 0.1) is 5.69 Å². The van der Waals surface area contributed by atoms with E-state index in [9.17, 15) is 9.59 Å². The summed E-state index contributed by atoms with van der Waals surface area (Å²) in [6.45, 7) is 11.6. The van der Waals surface area contributed by atoms with Crippen molar-refractivity contribution in [3.05, 3.63) is 82.0 Å². The van der Waals surface area contributed by atoms with Crippen molar-refractivity contribution in [3.8, 4) is 21.8 Å². The summed E-state index contributed by atoms with van der Waals surface area (Å²) >= 11 is 1.57. The van der Waals surface area contributed by atoms with E-state index < -0.39 is 0 Å². The Morgan fingerprint density at radius 1 is 1.18 bits per heavy atom. The van der Waals surface area contributed by atoms with Crippen LogP contribution in [0.3, 0.4) is 0 Å². The number of likely N-dealkylation sites (N-methyl/N-ethyl adjacent to an activating group) is 1. The number of hydrogen-bond donors (Lipinski definition) is 2. The highest BCUT2D eigenvalue weighted by atomic mass is 32.1. The molecular weight excluding hydrogens is 506 g/mol. The fraction of sp³-hybridized carbons (Fsp3) is 0.290. The van der Waals surface area contributed by atoms with Crippen LogP contribution in [0, 0.1) is 0 Å². The second kappa shape index (κ2) is 11.5. The van der Waals surface area contributed by atoms with Crippen molar-refractivity contribution in [3.63, 3.8) is 0 Å². The van der Waals surface area contributed by atoms with E-state index in [0.29, 0.717) is 18.5 Å². The zero-order valence-electron chi connectivity index (χ0n) is 22.8. The molecule has 0 radical (unpaired) electrons. The van der Waals surface area contributed by atoms with Gasteiger partial charge in [-0.2, -0.15) is 0 Å². The molecule has 7 nitrogen and oxygen atoms in total. The van der Waals surface area contributed by atoms with Gasteiger partial charge < -0.3 is 15.5 Å². The molecule has 0 spiro atoms. The molecule has 200 valence electrons. The van der Waals surface area contributed by atoms with Crippen molar-refractivity contribution >= 4 is 34.4 Å². The molecule has 2 aromatic heterocycles. The molecule has 2 N–H and O–H groups in total. The van der Waals surface area contributed by atoms with E-state index in [0.717, 1.165) is 75.0 Å². The number of aromatic nitrogens is 2. The molecule has 0 fully saturated rings. The van der Waals surface area contributed by atoms with Crippen molar-refractivity contribution in [2.24, 2.45) is 0 Å². The van der Waals surface area contributed by atoms with Gasteiger partial charge >= 0.3 is 0 Å². The van der Waals surface area contributed by atoms with Gasteiger partial charge in [0.2, 0.25) is 0 Å². The largest absolute Gasteiger partial charge is 0.351 e. The minimum Gasteiger partial charge on any atom is -0.351 e. The molecule has 0 saturated heterocycles. The average Bonchev–Trinajstić information content (AvgIpc) is 3.63. The lowest BCUT2D eigenvalue weighted by molar-refractivity contribution is -0.117. The number of anilines is 1. The Balaban J connectivity index is 1.38. The molecule has 0 atom stereocenters. The number of thiazole rings is 1. The molecule has 0 unspecified atom stereocenters. The van der Waals surface area contributed by atoms with Gasteiger partial charge in [-0.15, -0.1) is 11.3 Å². The van der Waals surface area contributed by atoms with Crippen LogP contribution in [-0.2, 0) is 9.59 Å². The van der Waals surface area contributed by atoms with E-state index in [2.05, 4.69) is 34.4 Å². The van der Waals surface area contributed by atoms with Crippen LogP contribution in [0.25, 0.3) is 27.4 Å². The van der Waals surface area contributed by atoms with Gasteiger partial charge in [-0.1, -0.05) is 25.5 Å². The molecule has 2 amide bonds. The smallest absolute Gasteiger partial charge is 0.256 e. The Bertz CT molecular complexity index is 1510. The van der Waals surface area contributed by atoms with Crippen LogP contribution in [0.5, 0.6) is 0 Å². The standard InChI is InChI=1S/C31H33N5O2S/c1-5-36(6-2)13-12-33-30(38)28-19(3)14-23(20(28)4)16-25-24-15-21(9-10-26(24)34-29(25)37)27-18-39-31(35-27)22-8-7-11-32-17-22/h7-11,15-18H,5-6,12-14H2,1-4H3,(H,33,38)(H,34,37)/b25-16-. The zero-order valence-corrected chi connectivity index (χ0v) is 23.6. The lowest BCUT2D eigenvalue weighted by Gasteiger charge is -2.18. The topological polar surface area (TPSA) is 87.2 Å². The minimum atomic E-state index is -0.133. The Morgan fingerprint density at radius 3 is 2.74 bits per heavy atom. The molecule has 0 bridgehead atoms. The summed E-state index contributed by atoms with van der Waals surface area (Å²) in [5.74, 6) is -0.177. The van der Waals surface area contributed by atoms with Gasteiger partial charge in [-0.05, 0) is 74.8 Å². The molecule has 1 aromatic carbocycles. The SMILES string of the molecule is CCN(CC)CCNC(=O)C1=C(C)CC(/C=C2\C(=O)Nc3ccc(-c4csc(-c5cccnc5)n4)cc32)=C1C. The van der Waals surface area contributed by atoms with Gasteiger partial charge in [-0.25, -0.2) is 4.98 Å². The lowest BCUT2D eigenvalue weighted by Crippen LogP contribution is -2.35. The summed E-state index contributed by atoms with van der Waals surface area (Å²) in [7, 11) is 0. The fourth-order valence-electron chi connectivity index (χ4n) is 5.16. The first kappa shape index (κ1) is 26.7. The van der Waals surface area contributed by atoms with Crippen LogP contribution in [0.2, 0.25) is 0 Å². The molecule has 5 rings (SSSR count). The van der Waals surface area contributed by atoms with E-state index in [-0.39, 0.29) is 11.8 Å². The predicted molar refractivity (Wildman–Crippen MR) is 158 cm³/mol. The lowest BCUT2D eigenvalue weighted by atomic mass is 9.99. The highest BCUT2D eigenvalue weighted by Gasteiger charge is 2.28. The highest BCUT2D eigenvalue weighted by molar-refractivity contribution is 7.13. The van der Waals surface area contributed by atoms with Crippen molar-refractivity contribution in [1.29, 1.82) is 0 Å². The third-order valence-electron chi connectivity index (χ3n) is 7.40. The van der Waals surface area contributed by atoms with Gasteiger partial charge in [0.25, 0.3) is 11.8 Å². The van der Waals surface area contributed by atoms with Crippen LogP contribution in [-0.4, -0.2) is 52.9 Å². The number of rotatable bonds is 9. The second-order valence-electron chi connectivity index (χ2n) is 9.82. The average molecular weight is 540 g/mol. The minimum absolute atomic E-state index is 0.0444. The van der Waals surface area contributed by atoms with Crippen molar-refractivity contribution in [2.75, 3.05) is 31.5 Å². The molecule has 3 aromatic rings. The van der Waals surface area contributed by atoms with Crippen LogP contribution in [0.15, 0.2) is 76.5 Å². The first-order valence-electron chi connectivity index (χ1n) is 13.3. The van der Waals surface area contributed by atoms with Crippen molar-refractivity contribution in [1.82, 2.24) is 20.2 Å². The summed E-state index contributed by atoms with van der Waals surface area (Å²) < 4.78 is 0. The molecule has 1 aliphatic heterocycles. The Morgan fingerprint density at radius 2 is 2.00 bits per heavy atom. The third-order valence-corrected chi connectivity index (χ3v) is 8.30. The number of carbonyl (C=O) groups excluding carboxylic acids is 2. The number of benzene rings is 1. The number of fused-ring (bicyclic) bond motifs is 1. The van der Waals surface area contributed by atoms with Crippen LogP contribution >= 0.6 is 11.3 Å². The predicted octanol–water partition coefficient (Wildman–Crippen LogP) is 5.70. The molecule has 39 heavy (non-hydrogen) atoms. The summed E-state index contributed by atoms with van der Waals surface area (Å²) in [5, 5.41) is 9.00. The maximum Gasteiger partial charge on any atom is 0.256 e. The van der Waals surface area contributed by atoms with Crippen molar-refractivity contribution < 1.29 is 9.59 Å². The van der Waals surface area contributed by atoms with Crippen molar-refractivity contribution in [2.45, 2.75) is 34.1 Å². The fourth-order valence-corrected chi connectivity index (χ4v) is 5.98. The first-order chi connectivity index (χ1) is 18.9. The number of pyridine rings is 1. The number of amides is 2. The Kier molecular flexibility index (Phi) is 7.86. The molecule has 3 heterocycles. The van der Waals surface area contributed by atoms with E-state index in [1.54, 1.807) is 17.5 Å². The van der Waals surface area contributed by atoms with Gasteiger partial charge in [-0.3, -0.25) is 14.6 Å². The normalized spacial score (nSPS) is 15.9. The van der Waals surface area contributed by atoms with E-state index in [4.69, 9.17) is 4.98 Å². The van der Waals surface area contributed by atoms with E-state index in [1.165, 1.54) is 0 Å². The highest BCUT2D eigenvalue weighted by Crippen LogP contribution is 2.40. The number of allylic oxidation sites excluding steroid dienone is 3. The number of carbonyl (C=O) groups is 2. The Hall–Kier alpha value is -3.88. The quantitative estimate of drug-likeness (QED) is 0.341. The maximum atomic E-state index is 13.0. The molecule has 2 aliphatic rings. The summed E-state index contributed by atoms with van der Waals surface area (Å²) in [6, 6.07) is 9.83. The van der Waals surface area contributed by atoms with Gasteiger partial charge in [0.1, 0.15) is 5.01 Å². The molecular formula is C31H33N5O2S. The maximum absolute atomic E-state index is 13.0. The Labute approximate surface area is 233 Å². The van der Waals surface area contributed by atoms with Crippen LogP contribution in [0.4, 0.5) is 5.69 Å². The van der Waals surface area contributed by atoms with Crippen LogP contribution in [0.1, 0.15) is 39.7 Å². The number of hydrogen-bond acceptors (Lipinski definition) is 6. The summed E-state index contributed by atoms with van der Waals surface area (Å²) in [4.78, 5) is 37.3. The van der Waals surface area contributed by atoms with E-state index in [1.807, 2.05) is 61.8 Å².